The third-order valence-electron chi connectivity index (χ3n) is 2.34. The number of hydrogen-bond donors (Lipinski definition) is 0. The molecule has 0 saturated carbocycles. The molecule has 0 amide bonds. The van der Waals surface area contributed by atoms with Crippen molar-refractivity contribution in [2.24, 2.45) is 0 Å². The quantitative estimate of drug-likeness (QED) is 0.656. The van der Waals surface area contributed by atoms with E-state index in [0.29, 0.717) is 0 Å². The molecule has 0 aliphatic rings. The molecule has 0 aromatic heterocycles. The fourth-order valence-corrected chi connectivity index (χ4v) is 1.92. The fourth-order valence-electron chi connectivity index (χ4n) is 1.56. The number of halogens is 2. The smallest absolute Gasteiger partial charge is 0.0412 e. The van der Waals surface area contributed by atoms with Crippen LogP contribution in [0.4, 0.5) is 0 Å². The van der Waals surface area contributed by atoms with Crippen molar-refractivity contribution in [3.05, 3.63) is 58.1 Å². The SMILES string of the molecule is Cc1ccc(Cl)cc1-c1cccc(Cl)c1. The molecule has 0 spiro atoms. The Balaban J connectivity index is 2.58. The Labute approximate surface area is 99.5 Å². The molecule has 0 N–H and O–H groups in total. The molecule has 0 saturated heterocycles. The van der Waals surface area contributed by atoms with Crippen LogP contribution in [0, 0.1) is 6.92 Å². The van der Waals surface area contributed by atoms with Gasteiger partial charge in [0.1, 0.15) is 0 Å². The van der Waals surface area contributed by atoms with E-state index in [4.69, 9.17) is 23.2 Å². The lowest BCUT2D eigenvalue weighted by atomic mass is 10.0. The van der Waals surface area contributed by atoms with Crippen LogP contribution in [-0.4, -0.2) is 0 Å². The Hall–Kier alpha value is -0.980. The van der Waals surface area contributed by atoms with Gasteiger partial charge in [-0.2, -0.15) is 0 Å². The first kappa shape index (κ1) is 10.5. The molecule has 2 aromatic rings. The summed E-state index contributed by atoms with van der Waals surface area (Å²) in [6.45, 7) is 2.06. The first-order valence-electron chi connectivity index (χ1n) is 4.69. The van der Waals surface area contributed by atoms with E-state index in [1.807, 2.05) is 42.5 Å². The second kappa shape index (κ2) is 4.26. The van der Waals surface area contributed by atoms with Gasteiger partial charge in [0.2, 0.25) is 0 Å². The Morgan fingerprint density at radius 3 is 2.33 bits per heavy atom. The van der Waals surface area contributed by atoms with Gasteiger partial charge in [0.25, 0.3) is 0 Å². The van der Waals surface area contributed by atoms with Gasteiger partial charge in [0, 0.05) is 10.0 Å². The van der Waals surface area contributed by atoms with E-state index in [9.17, 15) is 0 Å². The molecular formula is C13H10Cl2. The molecule has 0 aliphatic heterocycles. The highest BCUT2D eigenvalue weighted by Crippen LogP contribution is 2.28. The van der Waals surface area contributed by atoms with Gasteiger partial charge < -0.3 is 0 Å². The van der Waals surface area contributed by atoms with E-state index in [2.05, 4.69) is 6.92 Å². The Morgan fingerprint density at radius 2 is 1.60 bits per heavy atom. The molecule has 2 aromatic carbocycles. The molecule has 0 unspecified atom stereocenters. The topological polar surface area (TPSA) is 0 Å². The van der Waals surface area contributed by atoms with Gasteiger partial charge in [-0.05, 0) is 47.9 Å². The number of aryl methyl sites for hydroxylation is 1. The molecule has 0 atom stereocenters. The van der Waals surface area contributed by atoms with Crippen LogP contribution in [0.15, 0.2) is 42.5 Å². The maximum Gasteiger partial charge on any atom is 0.0412 e. The number of rotatable bonds is 1. The van der Waals surface area contributed by atoms with Crippen LogP contribution in [0.25, 0.3) is 11.1 Å². The second-order valence-electron chi connectivity index (χ2n) is 3.47. The molecule has 15 heavy (non-hydrogen) atoms. The molecular weight excluding hydrogens is 227 g/mol. The van der Waals surface area contributed by atoms with Crippen molar-refractivity contribution < 1.29 is 0 Å². The lowest BCUT2D eigenvalue weighted by molar-refractivity contribution is 1.46. The molecule has 0 bridgehead atoms. The van der Waals surface area contributed by atoms with Crippen molar-refractivity contribution in [2.45, 2.75) is 6.92 Å². The van der Waals surface area contributed by atoms with Gasteiger partial charge in [-0.1, -0.05) is 41.4 Å². The predicted molar refractivity (Wildman–Crippen MR) is 66.6 cm³/mol. The van der Waals surface area contributed by atoms with Crippen molar-refractivity contribution in [3.63, 3.8) is 0 Å². The number of benzene rings is 2. The van der Waals surface area contributed by atoms with Crippen LogP contribution < -0.4 is 0 Å². The summed E-state index contributed by atoms with van der Waals surface area (Å²) in [7, 11) is 0. The van der Waals surface area contributed by atoms with Crippen molar-refractivity contribution >= 4 is 23.2 Å². The Kier molecular flexibility index (Phi) is 2.99. The summed E-state index contributed by atoms with van der Waals surface area (Å²) in [6, 6.07) is 13.7. The summed E-state index contributed by atoms with van der Waals surface area (Å²) in [5, 5.41) is 1.49. The van der Waals surface area contributed by atoms with Gasteiger partial charge in [-0.3, -0.25) is 0 Å². The monoisotopic (exact) mass is 236 g/mol. The summed E-state index contributed by atoms with van der Waals surface area (Å²) in [5.74, 6) is 0. The average molecular weight is 237 g/mol. The highest BCUT2D eigenvalue weighted by molar-refractivity contribution is 6.31. The minimum Gasteiger partial charge on any atom is -0.0843 e. The predicted octanol–water partition coefficient (Wildman–Crippen LogP) is 4.97. The third-order valence-corrected chi connectivity index (χ3v) is 2.81. The van der Waals surface area contributed by atoms with Crippen LogP contribution >= 0.6 is 23.2 Å². The molecule has 2 rings (SSSR count). The van der Waals surface area contributed by atoms with Gasteiger partial charge in [0.15, 0.2) is 0 Å². The first-order valence-corrected chi connectivity index (χ1v) is 5.44. The Morgan fingerprint density at radius 1 is 0.867 bits per heavy atom. The van der Waals surface area contributed by atoms with E-state index in [0.717, 1.165) is 21.2 Å². The lowest BCUT2D eigenvalue weighted by Crippen LogP contribution is -1.82. The van der Waals surface area contributed by atoms with Crippen LogP contribution in [-0.2, 0) is 0 Å². The average Bonchev–Trinajstić information content (AvgIpc) is 2.22. The van der Waals surface area contributed by atoms with E-state index < -0.39 is 0 Å². The van der Waals surface area contributed by atoms with Crippen molar-refractivity contribution in [1.82, 2.24) is 0 Å². The van der Waals surface area contributed by atoms with E-state index in [1.165, 1.54) is 5.56 Å². The minimum absolute atomic E-state index is 0.742. The molecule has 2 heteroatoms. The second-order valence-corrected chi connectivity index (χ2v) is 4.34. The normalized spacial score (nSPS) is 10.3. The Bertz CT molecular complexity index is 490. The van der Waals surface area contributed by atoms with Crippen molar-refractivity contribution in [1.29, 1.82) is 0 Å². The molecule has 0 heterocycles. The molecule has 76 valence electrons. The summed E-state index contributed by atoms with van der Waals surface area (Å²) < 4.78 is 0. The highest BCUT2D eigenvalue weighted by atomic mass is 35.5. The minimum atomic E-state index is 0.742. The van der Waals surface area contributed by atoms with Gasteiger partial charge in [-0.15, -0.1) is 0 Å². The van der Waals surface area contributed by atoms with E-state index >= 15 is 0 Å². The number of hydrogen-bond acceptors (Lipinski definition) is 0. The van der Waals surface area contributed by atoms with Crippen molar-refractivity contribution in [2.75, 3.05) is 0 Å². The van der Waals surface area contributed by atoms with Gasteiger partial charge in [0.05, 0.1) is 0 Å². The molecule has 0 aliphatic carbocycles. The van der Waals surface area contributed by atoms with Crippen molar-refractivity contribution in [3.8, 4) is 11.1 Å². The third kappa shape index (κ3) is 2.34. The summed E-state index contributed by atoms with van der Waals surface area (Å²) >= 11 is 11.9. The summed E-state index contributed by atoms with van der Waals surface area (Å²) in [5.41, 5.74) is 3.43. The van der Waals surface area contributed by atoms with Gasteiger partial charge in [-0.25, -0.2) is 0 Å². The van der Waals surface area contributed by atoms with Crippen LogP contribution in [0.2, 0.25) is 10.0 Å². The van der Waals surface area contributed by atoms with E-state index in [1.54, 1.807) is 0 Å². The molecule has 0 fully saturated rings. The molecule has 0 nitrogen and oxygen atoms in total. The zero-order valence-electron chi connectivity index (χ0n) is 8.30. The standard InChI is InChI=1S/C13H10Cl2/c1-9-5-6-12(15)8-13(9)10-3-2-4-11(14)7-10/h2-8H,1H3. The highest BCUT2D eigenvalue weighted by Gasteiger charge is 2.02. The van der Waals surface area contributed by atoms with Crippen LogP contribution in [0.5, 0.6) is 0 Å². The zero-order chi connectivity index (χ0) is 10.8. The summed E-state index contributed by atoms with van der Waals surface area (Å²) in [4.78, 5) is 0. The lowest BCUT2D eigenvalue weighted by Gasteiger charge is -2.06. The largest absolute Gasteiger partial charge is 0.0843 e. The zero-order valence-corrected chi connectivity index (χ0v) is 9.81. The first-order chi connectivity index (χ1) is 7.16. The fraction of sp³-hybridized carbons (Fsp3) is 0.0769. The maximum atomic E-state index is 5.97. The molecule has 0 radical (unpaired) electrons. The van der Waals surface area contributed by atoms with Crippen LogP contribution in [0.1, 0.15) is 5.56 Å². The van der Waals surface area contributed by atoms with E-state index in [-0.39, 0.29) is 0 Å². The van der Waals surface area contributed by atoms with Gasteiger partial charge >= 0.3 is 0 Å². The maximum absolute atomic E-state index is 5.97. The summed E-state index contributed by atoms with van der Waals surface area (Å²) in [6.07, 6.45) is 0. The van der Waals surface area contributed by atoms with Crippen LogP contribution in [0.3, 0.4) is 0 Å².